The van der Waals surface area contributed by atoms with Gasteiger partial charge in [0.1, 0.15) is 16.2 Å². The molecule has 146 valence electrons. The van der Waals surface area contributed by atoms with Crippen LogP contribution in [0.3, 0.4) is 0 Å². The van der Waals surface area contributed by atoms with Crippen molar-refractivity contribution in [1.82, 2.24) is 10.2 Å². The number of fused-ring (bicyclic) bond motifs is 1. The van der Waals surface area contributed by atoms with E-state index < -0.39 is 20.7 Å². The zero-order valence-electron chi connectivity index (χ0n) is 14.2. The number of benzene rings is 2. The number of hydrogen-bond donors (Lipinski definition) is 1. The molecule has 6 nitrogen and oxygen atoms in total. The van der Waals surface area contributed by atoms with Gasteiger partial charge in [-0.15, -0.1) is 10.2 Å². The number of nitrogens with zero attached hydrogens (tertiary/aromatic N) is 3. The first-order valence-corrected chi connectivity index (χ1v) is 11.3. The van der Waals surface area contributed by atoms with Gasteiger partial charge in [-0.1, -0.05) is 34.5 Å². The molecule has 4 rings (SSSR count). The summed E-state index contributed by atoms with van der Waals surface area (Å²) in [5.74, 6) is -0.882. The Labute approximate surface area is 175 Å². The highest BCUT2D eigenvalue weighted by atomic mass is 35.5. The third kappa shape index (κ3) is 3.80. The van der Waals surface area contributed by atoms with E-state index in [0.29, 0.717) is 17.1 Å². The van der Waals surface area contributed by atoms with Crippen LogP contribution < -0.4 is 9.62 Å². The number of anilines is 2. The van der Waals surface area contributed by atoms with E-state index in [1.54, 1.807) is 6.07 Å². The number of rotatable bonds is 5. The van der Waals surface area contributed by atoms with Crippen LogP contribution in [0.25, 0.3) is 0 Å². The molecule has 1 aromatic heterocycles. The van der Waals surface area contributed by atoms with Crippen molar-refractivity contribution in [3.63, 3.8) is 0 Å². The minimum absolute atomic E-state index is 0.0481. The fraction of sp³-hybridized carbons (Fsp3) is 0.176. The van der Waals surface area contributed by atoms with Crippen molar-refractivity contribution < 1.29 is 12.8 Å². The van der Waals surface area contributed by atoms with Crippen LogP contribution >= 0.6 is 34.5 Å². The first-order valence-electron chi connectivity index (χ1n) is 8.14. The zero-order valence-corrected chi connectivity index (χ0v) is 17.3. The van der Waals surface area contributed by atoms with Gasteiger partial charge in [-0.2, -0.15) is 0 Å². The molecule has 0 saturated heterocycles. The Morgan fingerprint density at radius 1 is 1.25 bits per heavy atom. The number of hydrogen-bond acceptors (Lipinski definition) is 6. The lowest BCUT2D eigenvalue weighted by Gasteiger charge is -2.21. The molecule has 0 spiro atoms. The molecule has 1 N–H and O–H groups in total. The molecule has 0 unspecified atom stereocenters. The molecule has 2 heterocycles. The van der Waals surface area contributed by atoms with Gasteiger partial charge in [-0.3, -0.25) is 4.72 Å². The van der Waals surface area contributed by atoms with E-state index in [0.717, 1.165) is 47.7 Å². The molecule has 0 aliphatic carbocycles. The maximum absolute atomic E-state index is 14.6. The molecule has 0 bridgehead atoms. The van der Waals surface area contributed by atoms with Crippen LogP contribution in [0.2, 0.25) is 10.0 Å². The van der Waals surface area contributed by atoms with Crippen molar-refractivity contribution in [3.8, 4) is 0 Å². The van der Waals surface area contributed by atoms with Crippen LogP contribution in [-0.4, -0.2) is 25.2 Å². The van der Waals surface area contributed by atoms with Gasteiger partial charge in [0, 0.05) is 28.8 Å². The van der Waals surface area contributed by atoms with E-state index in [4.69, 9.17) is 23.2 Å². The highest BCUT2D eigenvalue weighted by Gasteiger charge is 2.25. The quantitative estimate of drug-likeness (QED) is 0.614. The molecule has 0 radical (unpaired) electrons. The second-order valence-corrected chi connectivity index (χ2v) is 9.50. The molecule has 11 heteroatoms. The molecule has 0 saturated carbocycles. The fourth-order valence-corrected chi connectivity index (χ4v) is 5.35. The Morgan fingerprint density at radius 2 is 2.07 bits per heavy atom. The Kier molecular flexibility index (Phi) is 5.17. The van der Waals surface area contributed by atoms with Gasteiger partial charge < -0.3 is 4.90 Å². The number of sulfonamides is 1. The van der Waals surface area contributed by atoms with Crippen LogP contribution in [0.1, 0.15) is 11.1 Å². The van der Waals surface area contributed by atoms with Gasteiger partial charge >= 0.3 is 0 Å². The third-order valence-electron chi connectivity index (χ3n) is 4.37. The average molecular weight is 459 g/mol. The standard InChI is InChI=1S/C17H13Cl2FN4O2S2/c18-12-1-2-15-10(5-12)3-4-24(15)8-11-6-14(20)16(7-13(11)19)28(25,26)23-17-22-21-9-27-17/h1-2,5-7,9H,3-4,8H2,(H,22,23). The van der Waals surface area contributed by atoms with Crippen molar-refractivity contribution in [1.29, 1.82) is 0 Å². The zero-order chi connectivity index (χ0) is 19.9. The van der Waals surface area contributed by atoms with Crippen molar-refractivity contribution in [2.24, 2.45) is 0 Å². The van der Waals surface area contributed by atoms with E-state index >= 15 is 0 Å². The Bertz CT molecular complexity index is 1140. The van der Waals surface area contributed by atoms with Gasteiger partial charge in [-0.05, 0) is 47.9 Å². The van der Waals surface area contributed by atoms with Gasteiger partial charge in [0.2, 0.25) is 5.13 Å². The summed E-state index contributed by atoms with van der Waals surface area (Å²) >= 11 is 13.3. The minimum Gasteiger partial charge on any atom is -0.367 e. The van der Waals surface area contributed by atoms with Gasteiger partial charge in [0.05, 0.1) is 0 Å². The Morgan fingerprint density at radius 3 is 2.82 bits per heavy atom. The highest BCUT2D eigenvalue weighted by molar-refractivity contribution is 7.93. The lowest BCUT2D eigenvalue weighted by Crippen LogP contribution is -2.20. The summed E-state index contributed by atoms with van der Waals surface area (Å²) in [4.78, 5) is 1.52. The Hall–Kier alpha value is -1.94. The van der Waals surface area contributed by atoms with Crippen LogP contribution in [0.4, 0.5) is 15.2 Å². The van der Waals surface area contributed by atoms with Crippen LogP contribution in [0, 0.1) is 5.82 Å². The maximum atomic E-state index is 14.6. The molecule has 2 aromatic carbocycles. The number of aromatic nitrogens is 2. The summed E-state index contributed by atoms with van der Waals surface area (Å²) in [6, 6.07) is 7.91. The summed E-state index contributed by atoms with van der Waals surface area (Å²) in [6.45, 7) is 1.10. The van der Waals surface area contributed by atoms with E-state index in [-0.39, 0.29) is 10.2 Å². The lowest BCUT2D eigenvalue weighted by molar-refractivity contribution is 0.568. The molecule has 0 atom stereocenters. The molecule has 0 fully saturated rings. The second kappa shape index (κ2) is 7.47. The smallest absolute Gasteiger partial charge is 0.266 e. The van der Waals surface area contributed by atoms with Gasteiger partial charge in [0.15, 0.2) is 0 Å². The van der Waals surface area contributed by atoms with E-state index in [1.165, 1.54) is 5.51 Å². The first kappa shape index (κ1) is 19.4. The van der Waals surface area contributed by atoms with E-state index in [9.17, 15) is 12.8 Å². The molecule has 1 aliphatic rings. The van der Waals surface area contributed by atoms with Crippen molar-refractivity contribution in [2.45, 2.75) is 17.9 Å². The number of nitrogens with one attached hydrogen (secondary N) is 1. The van der Waals surface area contributed by atoms with Crippen LogP contribution in [-0.2, 0) is 23.0 Å². The van der Waals surface area contributed by atoms with Gasteiger partial charge in [-0.25, -0.2) is 12.8 Å². The summed E-state index contributed by atoms with van der Waals surface area (Å²) in [5.41, 5.74) is 3.99. The van der Waals surface area contributed by atoms with Crippen molar-refractivity contribution in [3.05, 3.63) is 62.8 Å². The first-order chi connectivity index (χ1) is 13.3. The monoisotopic (exact) mass is 458 g/mol. The largest absolute Gasteiger partial charge is 0.367 e. The lowest BCUT2D eigenvalue weighted by atomic mass is 10.1. The topological polar surface area (TPSA) is 75.2 Å². The van der Waals surface area contributed by atoms with Crippen LogP contribution in [0.15, 0.2) is 40.7 Å². The molecule has 3 aromatic rings. The normalized spacial score (nSPS) is 13.6. The minimum atomic E-state index is -4.16. The van der Waals surface area contributed by atoms with Crippen LogP contribution in [0.5, 0.6) is 0 Å². The van der Waals surface area contributed by atoms with Crippen molar-refractivity contribution >= 4 is 55.4 Å². The fourth-order valence-electron chi connectivity index (χ4n) is 3.09. The SMILES string of the molecule is O=S(=O)(Nc1nncs1)c1cc(Cl)c(CN2CCc3cc(Cl)ccc32)cc1F. The predicted octanol–water partition coefficient (Wildman–Crippen LogP) is 4.35. The summed E-state index contributed by atoms with van der Waals surface area (Å²) in [5, 5.41) is 8.03. The van der Waals surface area contributed by atoms with E-state index in [1.807, 2.05) is 12.1 Å². The molecule has 28 heavy (non-hydrogen) atoms. The average Bonchev–Trinajstić information content (AvgIpc) is 3.27. The Balaban J connectivity index is 1.60. The van der Waals surface area contributed by atoms with E-state index in [2.05, 4.69) is 19.8 Å². The summed E-state index contributed by atoms with van der Waals surface area (Å²) in [7, 11) is -4.16. The molecule has 1 aliphatic heterocycles. The predicted molar refractivity (Wildman–Crippen MR) is 108 cm³/mol. The number of halogens is 3. The molecule has 0 amide bonds. The highest BCUT2D eigenvalue weighted by Crippen LogP contribution is 2.33. The molecular formula is C17H13Cl2FN4O2S2. The molecular weight excluding hydrogens is 446 g/mol. The van der Waals surface area contributed by atoms with Crippen molar-refractivity contribution in [2.75, 3.05) is 16.2 Å². The second-order valence-electron chi connectivity index (χ2n) is 6.17. The summed E-state index contributed by atoms with van der Waals surface area (Å²) in [6.07, 6.45) is 0.828. The maximum Gasteiger partial charge on any atom is 0.266 e. The van der Waals surface area contributed by atoms with Gasteiger partial charge in [0.25, 0.3) is 10.0 Å². The summed E-state index contributed by atoms with van der Waals surface area (Å²) < 4.78 is 41.7. The third-order valence-corrected chi connectivity index (χ3v) is 7.04.